The van der Waals surface area contributed by atoms with Crippen LogP contribution in [0.25, 0.3) is 0 Å². The number of nitrogens with zero attached hydrogens (tertiary/aromatic N) is 5. The van der Waals surface area contributed by atoms with Crippen LogP contribution in [0.5, 0.6) is 0 Å². The van der Waals surface area contributed by atoms with Crippen LogP contribution in [-0.4, -0.2) is 58.8 Å². The minimum Gasteiger partial charge on any atom is -0.381 e. The van der Waals surface area contributed by atoms with Gasteiger partial charge in [0, 0.05) is 44.8 Å². The highest BCUT2D eigenvalue weighted by Crippen LogP contribution is 2.33. The van der Waals surface area contributed by atoms with Crippen molar-refractivity contribution < 1.29 is 9.47 Å². The lowest BCUT2D eigenvalue weighted by molar-refractivity contribution is 0.0499. The second-order valence-corrected chi connectivity index (χ2v) is 8.60. The van der Waals surface area contributed by atoms with E-state index in [4.69, 9.17) is 9.47 Å². The number of aromatic nitrogens is 4. The summed E-state index contributed by atoms with van der Waals surface area (Å²) >= 11 is 0. The van der Waals surface area contributed by atoms with Gasteiger partial charge >= 0.3 is 0 Å². The molecule has 0 amide bonds. The third-order valence-electron chi connectivity index (χ3n) is 6.72. The van der Waals surface area contributed by atoms with Crippen molar-refractivity contribution in [2.75, 3.05) is 37.8 Å². The van der Waals surface area contributed by atoms with Crippen molar-refractivity contribution in [2.24, 2.45) is 11.8 Å². The zero-order valence-electron chi connectivity index (χ0n) is 17.1. The van der Waals surface area contributed by atoms with Crippen molar-refractivity contribution in [3.05, 3.63) is 35.9 Å². The van der Waals surface area contributed by atoms with Gasteiger partial charge in [-0.05, 0) is 56.1 Å². The first-order chi connectivity index (χ1) is 14.4. The second-order valence-electron chi connectivity index (χ2n) is 8.60. The van der Waals surface area contributed by atoms with Gasteiger partial charge in [0.05, 0.1) is 19.1 Å². The summed E-state index contributed by atoms with van der Waals surface area (Å²) < 4.78 is 13.8. The Morgan fingerprint density at radius 2 is 1.93 bits per heavy atom. The first kappa shape index (κ1) is 19.0. The fourth-order valence-corrected chi connectivity index (χ4v) is 5.08. The first-order valence-electron chi connectivity index (χ1n) is 11.1. The van der Waals surface area contributed by atoms with E-state index >= 15 is 0 Å². The Morgan fingerprint density at radius 1 is 1.00 bits per heavy atom. The van der Waals surface area contributed by atoms with Crippen molar-refractivity contribution in [1.29, 1.82) is 0 Å². The Bertz CT molecular complexity index is 784. The van der Waals surface area contributed by atoms with Crippen LogP contribution >= 0.6 is 0 Å². The van der Waals surface area contributed by atoms with Crippen LogP contribution in [0, 0.1) is 11.8 Å². The quantitative estimate of drug-likeness (QED) is 0.747. The van der Waals surface area contributed by atoms with Crippen LogP contribution in [0.1, 0.15) is 43.6 Å². The SMILES string of the molecule is c1ccc(Cc2nnc(N3CCC(C4CCOCC4)C3)n2CC2CCCO2)nc1. The Balaban J connectivity index is 1.35. The van der Waals surface area contributed by atoms with E-state index in [9.17, 15) is 0 Å². The average molecular weight is 398 g/mol. The molecule has 0 radical (unpaired) electrons. The molecule has 0 aliphatic carbocycles. The Hall–Kier alpha value is -1.99. The molecule has 0 N–H and O–H groups in total. The van der Waals surface area contributed by atoms with Crippen LogP contribution < -0.4 is 4.90 Å². The maximum atomic E-state index is 5.94. The van der Waals surface area contributed by atoms with Crippen molar-refractivity contribution in [2.45, 2.75) is 51.2 Å². The predicted octanol–water partition coefficient (Wildman–Crippen LogP) is 2.70. The van der Waals surface area contributed by atoms with E-state index in [1.54, 1.807) is 0 Å². The van der Waals surface area contributed by atoms with E-state index < -0.39 is 0 Å². The third-order valence-corrected chi connectivity index (χ3v) is 6.72. The van der Waals surface area contributed by atoms with E-state index in [0.717, 1.165) is 81.6 Å². The van der Waals surface area contributed by atoms with Gasteiger partial charge in [-0.15, -0.1) is 10.2 Å². The van der Waals surface area contributed by atoms with E-state index in [1.165, 1.54) is 19.3 Å². The lowest BCUT2D eigenvalue weighted by atomic mass is 9.85. The smallest absolute Gasteiger partial charge is 0.227 e. The molecule has 3 aliphatic heterocycles. The minimum absolute atomic E-state index is 0.265. The van der Waals surface area contributed by atoms with Crippen LogP contribution in [0.15, 0.2) is 24.4 Å². The predicted molar refractivity (Wildman–Crippen MR) is 110 cm³/mol. The molecule has 2 aromatic heterocycles. The zero-order chi connectivity index (χ0) is 19.5. The molecule has 5 heterocycles. The highest BCUT2D eigenvalue weighted by Gasteiger charge is 2.33. The van der Waals surface area contributed by atoms with Crippen molar-refractivity contribution in [3.63, 3.8) is 0 Å². The van der Waals surface area contributed by atoms with E-state index in [-0.39, 0.29) is 6.10 Å². The molecule has 0 aromatic carbocycles. The number of pyridine rings is 1. The highest BCUT2D eigenvalue weighted by atomic mass is 16.5. The molecule has 156 valence electrons. The molecule has 0 saturated carbocycles. The maximum Gasteiger partial charge on any atom is 0.227 e. The maximum absolute atomic E-state index is 5.94. The molecular formula is C22H31N5O2. The van der Waals surface area contributed by atoms with Gasteiger partial charge in [-0.1, -0.05) is 6.07 Å². The van der Waals surface area contributed by atoms with E-state index in [1.807, 2.05) is 18.3 Å². The van der Waals surface area contributed by atoms with Crippen molar-refractivity contribution in [3.8, 4) is 0 Å². The lowest BCUT2D eigenvalue weighted by Gasteiger charge is -2.28. The average Bonchev–Trinajstić information content (AvgIpc) is 3.52. The minimum atomic E-state index is 0.265. The molecule has 3 saturated heterocycles. The Labute approximate surface area is 172 Å². The summed E-state index contributed by atoms with van der Waals surface area (Å²) in [6, 6.07) is 6.04. The monoisotopic (exact) mass is 397 g/mol. The molecule has 3 fully saturated rings. The lowest BCUT2D eigenvalue weighted by Crippen LogP contribution is -2.29. The summed E-state index contributed by atoms with van der Waals surface area (Å²) in [6.07, 6.45) is 8.72. The van der Waals surface area contributed by atoms with Crippen LogP contribution in [0.4, 0.5) is 5.95 Å². The van der Waals surface area contributed by atoms with Gasteiger partial charge in [0.1, 0.15) is 5.82 Å². The van der Waals surface area contributed by atoms with Crippen molar-refractivity contribution in [1.82, 2.24) is 19.7 Å². The molecule has 5 rings (SSSR count). The van der Waals surface area contributed by atoms with Gasteiger partial charge in [-0.2, -0.15) is 0 Å². The van der Waals surface area contributed by atoms with Crippen LogP contribution in [-0.2, 0) is 22.4 Å². The highest BCUT2D eigenvalue weighted by molar-refractivity contribution is 5.34. The number of hydrogen-bond acceptors (Lipinski definition) is 6. The molecule has 7 nitrogen and oxygen atoms in total. The van der Waals surface area contributed by atoms with Gasteiger partial charge in [-0.3, -0.25) is 9.55 Å². The van der Waals surface area contributed by atoms with E-state index in [0.29, 0.717) is 6.42 Å². The number of hydrogen-bond donors (Lipinski definition) is 0. The molecular weight excluding hydrogens is 366 g/mol. The molecule has 2 aromatic rings. The van der Waals surface area contributed by atoms with E-state index in [2.05, 4.69) is 30.7 Å². The van der Waals surface area contributed by atoms with Gasteiger partial charge < -0.3 is 14.4 Å². The summed E-state index contributed by atoms with van der Waals surface area (Å²) in [4.78, 5) is 6.94. The third kappa shape index (κ3) is 4.31. The van der Waals surface area contributed by atoms with Crippen LogP contribution in [0.2, 0.25) is 0 Å². The molecule has 3 aliphatic rings. The first-order valence-corrected chi connectivity index (χ1v) is 11.1. The molecule has 2 unspecified atom stereocenters. The molecule has 2 atom stereocenters. The zero-order valence-corrected chi connectivity index (χ0v) is 17.1. The number of ether oxygens (including phenoxy) is 2. The van der Waals surface area contributed by atoms with Gasteiger partial charge in [0.25, 0.3) is 0 Å². The summed E-state index contributed by atoms with van der Waals surface area (Å²) in [7, 11) is 0. The molecule has 29 heavy (non-hydrogen) atoms. The van der Waals surface area contributed by atoms with Crippen LogP contribution in [0.3, 0.4) is 0 Å². The number of rotatable bonds is 6. The summed E-state index contributed by atoms with van der Waals surface area (Å²) in [6.45, 7) is 5.69. The number of anilines is 1. The van der Waals surface area contributed by atoms with Gasteiger partial charge in [0.2, 0.25) is 5.95 Å². The van der Waals surface area contributed by atoms with Gasteiger partial charge in [0.15, 0.2) is 0 Å². The topological polar surface area (TPSA) is 65.3 Å². The Morgan fingerprint density at radius 3 is 2.72 bits per heavy atom. The normalized spacial score (nSPS) is 25.7. The molecule has 0 bridgehead atoms. The second kappa shape index (κ2) is 8.79. The fraction of sp³-hybridized carbons (Fsp3) is 0.682. The molecule has 7 heteroatoms. The summed E-state index contributed by atoms with van der Waals surface area (Å²) in [5.74, 6) is 3.53. The van der Waals surface area contributed by atoms with Gasteiger partial charge in [-0.25, -0.2) is 0 Å². The standard InChI is InChI=1S/C22H31N5O2/c1-2-9-23-19(4-1)14-21-24-25-22(27(21)16-20-5-3-11-29-20)26-10-6-18(15-26)17-7-12-28-13-8-17/h1-2,4,9,17-18,20H,3,5-8,10-16H2. The fourth-order valence-electron chi connectivity index (χ4n) is 5.08. The van der Waals surface area contributed by atoms with Crippen molar-refractivity contribution >= 4 is 5.95 Å². The summed E-state index contributed by atoms with van der Waals surface area (Å²) in [5, 5.41) is 9.24. The Kier molecular flexibility index (Phi) is 5.76. The largest absolute Gasteiger partial charge is 0.381 e. The summed E-state index contributed by atoms with van der Waals surface area (Å²) in [5.41, 5.74) is 1.03. The molecule has 0 spiro atoms.